The van der Waals surface area contributed by atoms with Crippen molar-refractivity contribution in [1.29, 1.82) is 5.26 Å². The monoisotopic (exact) mass is 392 g/mol. The van der Waals surface area contributed by atoms with Gasteiger partial charge in [-0.2, -0.15) is 9.57 Å². The first-order valence-electron chi connectivity index (χ1n) is 9.19. The number of sulfonamides is 1. The summed E-state index contributed by atoms with van der Waals surface area (Å²) in [7, 11) is -3.63. The lowest BCUT2D eigenvalue weighted by atomic mass is 10.1. The molecule has 0 unspecified atom stereocenters. The van der Waals surface area contributed by atoms with Crippen molar-refractivity contribution < 1.29 is 8.42 Å². The zero-order valence-corrected chi connectivity index (χ0v) is 16.1. The molecule has 0 N–H and O–H groups in total. The van der Waals surface area contributed by atoms with Gasteiger partial charge in [-0.1, -0.05) is 18.2 Å². The smallest absolute Gasteiger partial charge is 0.243 e. The van der Waals surface area contributed by atoms with E-state index in [1.807, 2.05) is 24.3 Å². The first-order valence-corrected chi connectivity index (χ1v) is 10.6. The van der Waals surface area contributed by atoms with Crippen molar-refractivity contribution in [3.8, 4) is 6.07 Å². The Bertz CT molecular complexity index is 1150. The molecule has 0 aliphatic carbocycles. The molecule has 0 saturated carbocycles. The Hall–Kier alpha value is -2.95. The Kier molecular flexibility index (Phi) is 4.99. The van der Waals surface area contributed by atoms with Crippen molar-refractivity contribution >= 4 is 26.6 Å². The molecule has 2 heterocycles. The largest absolute Gasteiger partial charge is 0.369 e. The number of hydrogen-bond donors (Lipinski definition) is 0. The fourth-order valence-corrected chi connectivity index (χ4v) is 5.33. The van der Waals surface area contributed by atoms with Crippen LogP contribution in [0, 0.1) is 11.3 Å². The van der Waals surface area contributed by atoms with Crippen LogP contribution in [0.2, 0.25) is 0 Å². The second-order valence-corrected chi connectivity index (χ2v) is 8.61. The number of nitrogens with zero attached hydrogens (tertiary/aromatic N) is 4. The lowest BCUT2D eigenvalue weighted by Gasteiger charge is -2.24. The van der Waals surface area contributed by atoms with Gasteiger partial charge in [-0.15, -0.1) is 0 Å². The van der Waals surface area contributed by atoms with Crippen LogP contribution in [0.1, 0.15) is 12.0 Å². The van der Waals surface area contributed by atoms with Crippen molar-refractivity contribution in [2.75, 3.05) is 31.1 Å². The van der Waals surface area contributed by atoms with Crippen LogP contribution in [0.15, 0.2) is 65.7 Å². The first kappa shape index (κ1) is 18.4. The number of rotatable bonds is 3. The average molecular weight is 392 g/mol. The Morgan fingerprint density at radius 1 is 0.929 bits per heavy atom. The maximum absolute atomic E-state index is 13.3. The van der Waals surface area contributed by atoms with Gasteiger partial charge in [0.1, 0.15) is 6.07 Å². The molecule has 0 spiro atoms. The second-order valence-electron chi connectivity index (χ2n) is 6.70. The SMILES string of the molecule is N#Cc1ccccc1N1CCCN(S(=O)(=O)c2cccc3ncccc23)CC1. The van der Waals surface area contributed by atoms with Gasteiger partial charge in [0, 0.05) is 37.8 Å². The highest BCUT2D eigenvalue weighted by Gasteiger charge is 2.28. The molecule has 1 aliphatic heterocycles. The van der Waals surface area contributed by atoms with E-state index in [1.54, 1.807) is 40.8 Å². The van der Waals surface area contributed by atoms with Crippen molar-refractivity contribution in [1.82, 2.24) is 9.29 Å². The van der Waals surface area contributed by atoms with E-state index >= 15 is 0 Å². The van der Waals surface area contributed by atoms with E-state index < -0.39 is 10.0 Å². The molecule has 1 aromatic heterocycles. The Balaban J connectivity index is 1.63. The average Bonchev–Trinajstić information content (AvgIpc) is 3.00. The van der Waals surface area contributed by atoms with E-state index in [0.29, 0.717) is 54.0 Å². The van der Waals surface area contributed by atoms with Gasteiger partial charge in [0.15, 0.2) is 0 Å². The van der Waals surface area contributed by atoms with Gasteiger partial charge in [0.05, 0.1) is 21.7 Å². The van der Waals surface area contributed by atoms with E-state index in [4.69, 9.17) is 0 Å². The van der Waals surface area contributed by atoms with Crippen LogP contribution in [0.25, 0.3) is 10.9 Å². The van der Waals surface area contributed by atoms with Crippen molar-refractivity contribution in [3.05, 3.63) is 66.4 Å². The van der Waals surface area contributed by atoms with Gasteiger partial charge in [-0.05, 0) is 42.8 Å². The van der Waals surface area contributed by atoms with Crippen molar-refractivity contribution in [3.63, 3.8) is 0 Å². The molecule has 28 heavy (non-hydrogen) atoms. The van der Waals surface area contributed by atoms with Crippen LogP contribution < -0.4 is 4.90 Å². The Morgan fingerprint density at radius 2 is 1.79 bits per heavy atom. The van der Waals surface area contributed by atoms with Gasteiger partial charge in [0.2, 0.25) is 10.0 Å². The highest BCUT2D eigenvalue weighted by atomic mass is 32.2. The highest BCUT2D eigenvalue weighted by Crippen LogP contribution is 2.27. The summed E-state index contributed by atoms with van der Waals surface area (Å²) < 4.78 is 28.2. The molecule has 0 radical (unpaired) electrons. The number of para-hydroxylation sites is 1. The van der Waals surface area contributed by atoms with Gasteiger partial charge in [-0.25, -0.2) is 8.42 Å². The predicted molar refractivity (Wildman–Crippen MR) is 108 cm³/mol. The number of nitriles is 1. The summed E-state index contributed by atoms with van der Waals surface area (Å²) in [4.78, 5) is 6.66. The summed E-state index contributed by atoms with van der Waals surface area (Å²) in [5, 5.41) is 10.0. The molecule has 1 fully saturated rings. The lowest BCUT2D eigenvalue weighted by molar-refractivity contribution is 0.433. The van der Waals surface area contributed by atoms with Crippen LogP contribution in [-0.2, 0) is 10.0 Å². The molecule has 1 saturated heterocycles. The summed E-state index contributed by atoms with van der Waals surface area (Å²) >= 11 is 0. The molecule has 0 bridgehead atoms. The second kappa shape index (κ2) is 7.58. The highest BCUT2D eigenvalue weighted by molar-refractivity contribution is 7.89. The zero-order valence-electron chi connectivity index (χ0n) is 15.3. The van der Waals surface area contributed by atoms with Crippen molar-refractivity contribution in [2.45, 2.75) is 11.3 Å². The molecule has 0 amide bonds. The molecular formula is C21H20N4O2S. The number of hydrogen-bond acceptors (Lipinski definition) is 5. The summed E-state index contributed by atoms with van der Waals surface area (Å²) in [5.74, 6) is 0. The quantitative estimate of drug-likeness (QED) is 0.685. The third kappa shape index (κ3) is 3.33. The maximum Gasteiger partial charge on any atom is 0.243 e. The molecule has 3 aromatic rings. The molecule has 1 aliphatic rings. The maximum atomic E-state index is 13.3. The molecule has 7 heteroatoms. The number of aromatic nitrogens is 1. The standard InChI is InChI=1S/C21H20N4O2S/c22-16-17-6-1-2-9-20(17)24-12-5-13-25(15-14-24)28(26,27)21-10-3-8-19-18(21)7-4-11-23-19/h1-4,6-11H,5,12-15H2. The topological polar surface area (TPSA) is 77.3 Å². The number of anilines is 1. The Morgan fingerprint density at radius 3 is 2.64 bits per heavy atom. The third-order valence-electron chi connectivity index (χ3n) is 5.04. The molecule has 0 atom stereocenters. The molecular weight excluding hydrogens is 372 g/mol. The predicted octanol–water partition coefficient (Wildman–Crippen LogP) is 3.01. The van der Waals surface area contributed by atoms with E-state index in [-0.39, 0.29) is 0 Å². The van der Waals surface area contributed by atoms with E-state index in [2.05, 4.69) is 16.0 Å². The minimum absolute atomic E-state index is 0.295. The van der Waals surface area contributed by atoms with Crippen LogP contribution in [-0.4, -0.2) is 43.9 Å². The third-order valence-corrected chi connectivity index (χ3v) is 7.00. The molecule has 6 nitrogen and oxygen atoms in total. The molecule has 142 valence electrons. The number of benzene rings is 2. The van der Waals surface area contributed by atoms with Gasteiger partial charge >= 0.3 is 0 Å². The number of fused-ring (bicyclic) bond motifs is 1. The first-order chi connectivity index (χ1) is 13.6. The molecule has 4 rings (SSSR count). The summed E-state index contributed by atoms with van der Waals surface area (Å²) in [5.41, 5.74) is 2.14. The van der Waals surface area contributed by atoms with Crippen LogP contribution >= 0.6 is 0 Å². The summed E-state index contributed by atoms with van der Waals surface area (Å²) in [6.07, 6.45) is 2.36. The minimum atomic E-state index is -3.63. The molecule has 2 aromatic carbocycles. The minimum Gasteiger partial charge on any atom is -0.369 e. The Labute approximate surface area is 164 Å². The van der Waals surface area contributed by atoms with E-state index in [0.717, 1.165) is 5.69 Å². The van der Waals surface area contributed by atoms with E-state index in [9.17, 15) is 13.7 Å². The van der Waals surface area contributed by atoms with Crippen LogP contribution in [0.3, 0.4) is 0 Å². The number of pyridine rings is 1. The van der Waals surface area contributed by atoms with Gasteiger partial charge in [0.25, 0.3) is 0 Å². The summed E-state index contributed by atoms with van der Waals surface area (Å²) in [6.45, 7) is 2.08. The van der Waals surface area contributed by atoms with Gasteiger partial charge in [-0.3, -0.25) is 4.98 Å². The fourth-order valence-electron chi connectivity index (χ4n) is 3.66. The van der Waals surface area contributed by atoms with E-state index in [1.165, 1.54) is 0 Å². The zero-order chi connectivity index (χ0) is 19.6. The van der Waals surface area contributed by atoms with Crippen LogP contribution in [0.5, 0.6) is 0 Å². The fraction of sp³-hybridized carbons (Fsp3) is 0.238. The van der Waals surface area contributed by atoms with Crippen LogP contribution in [0.4, 0.5) is 5.69 Å². The summed E-state index contributed by atoms with van der Waals surface area (Å²) in [6, 6.07) is 18.4. The van der Waals surface area contributed by atoms with Crippen molar-refractivity contribution in [2.24, 2.45) is 0 Å². The van der Waals surface area contributed by atoms with Gasteiger partial charge < -0.3 is 4.90 Å². The normalized spacial score (nSPS) is 15.9. The lowest BCUT2D eigenvalue weighted by Crippen LogP contribution is -2.35.